The van der Waals surface area contributed by atoms with Crippen LogP contribution in [-0.4, -0.2) is 37.2 Å². The van der Waals surface area contributed by atoms with Gasteiger partial charge in [-0.1, -0.05) is 318 Å². The van der Waals surface area contributed by atoms with Gasteiger partial charge in [-0.25, -0.2) is 0 Å². The SMILES string of the molecule is CC/C=C\C/C=C\C/C=C\C/C=C\C/C=C\C/C=C\CCCCCCCCCCCCC(=O)OCC(COC(=O)CCCCCCCC)OC(=O)CCCCCCCCCCCCCCCCCCCCCCCCC. The standard InChI is InChI=1S/C70H124O6/c1-4-7-10-13-16-18-20-22-24-26-28-30-32-33-34-35-36-37-39-40-42-44-46-48-50-52-54-57-60-63-69(72)75-66-67(65-74-68(71)62-59-56-15-12-9-6-3)76-70(73)64-61-58-55-53-51-49-47-45-43-41-38-31-29-27-25-23-21-19-17-14-11-8-5-2/h7,10,16,18,22,24,28,30,33-34,36-37,67H,4-6,8-9,11-15,17,19-21,23,25-27,29,31-32,35,38-66H2,1-3H3/b10-7-,18-16-,24-22-,30-28-,34-33-,37-36-. The van der Waals surface area contributed by atoms with E-state index >= 15 is 0 Å². The Morgan fingerprint density at radius 1 is 0.276 bits per heavy atom. The fourth-order valence-electron chi connectivity index (χ4n) is 9.57. The van der Waals surface area contributed by atoms with Crippen molar-refractivity contribution in [3.8, 4) is 0 Å². The predicted molar refractivity (Wildman–Crippen MR) is 330 cm³/mol. The number of esters is 3. The summed E-state index contributed by atoms with van der Waals surface area (Å²) < 4.78 is 16.8. The molecule has 0 amide bonds. The van der Waals surface area contributed by atoms with Gasteiger partial charge in [-0.3, -0.25) is 14.4 Å². The molecule has 0 saturated carbocycles. The number of hydrogen-bond donors (Lipinski definition) is 0. The maximum absolute atomic E-state index is 12.9. The van der Waals surface area contributed by atoms with Crippen LogP contribution in [0, 0.1) is 0 Å². The van der Waals surface area contributed by atoms with Gasteiger partial charge in [0, 0.05) is 19.3 Å². The Balaban J connectivity index is 4.06. The molecule has 0 heterocycles. The summed E-state index contributed by atoms with van der Waals surface area (Å²) in [6.07, 6.45) is 83.8. The first kappa shape index (κ1) is 72.8. The molecule has 0 aliphatic carbocycles. The zero-order valence-corrected chi connectivity index (χ0v) is 50.5. The van der Waals surface area contributed by atoms with E-state index in [1.54, 1.807) is 0 Å². The Morgan fingerprint density at radius 2 is 0.513 bits per heavy atom. The van der Waals surface area contributed by atoms with E-state index in [2.05, 4.69) is 93.7 Å². The molecule has 0 aromatic rings. The minimum absolute atomic E-state index is 0.0729. The summed E-state index contributed by atoms with van der Waals surface area (Å²) >= 11 is 0. The van der Waals surface area contributed by atoms with Gasteiger partial charge in [-0.15, -0.1) is 0 Å². The van der Waals surface area contributed by atoms with Crippen molar-refractivity contribution in [3.63, 3.8) is 0 Å². The van der Waals surface area contributed by atoms with Gasteiger partial charge in [0.1, 0.15) is 13.2 Å². The fourth-order valence-corrected chi connectivity index (χ4v) is 9.57. The first-order valence-electron chi connectivity index (χ1n) is 32.9. The minimum Gasteiger partial charge on any atom is -0.462 e. The Bertz CT molecular complexity index is 1400. The Kier molecular flexibility index (Phi) is 61.7. The Morgan fingerprint density at radius 3 is 0.803 bits per heavy atom. The van der Waals surface area contributed by atoms with Crippen LogP contribution in [0.2, 0.25) is 0 Å². The van der Waals surface area contributed by atoms with Crippen LogP contribution in [-0.2, 0) is 28.6 Å². The van der Waals surface area contributed by atoms with E-state index in [1.165, 1.54) is 199 Å². The molecule has 0 aliphatic rings. The molecule has 1 unspecified atom stereocenters. The zero-order chi connectivity index (χ0) is 55.0. The maximum Gasteiger partial charge on any atom is 0.306 e. The number of rotatable bonds is 60. The maximum atomic E-state index is 12.9. The van der Waals surface area contributed by atoms with Crippen LogP contribution < -0.4 is 0 Å². The number of allylic oxidation sites excluding steroid dienone is 12. The summed E-state index contributed by atoms with van der Waals surface area (Å²) in [4.78, 5) is 38.0. The Labute approximate surface area is 472 Å². The first-order valence-corrected chi connectivity index (χ1v) is 32.9. The van der Waals surface area contributed by atoms with Crippen LogP contribution in [0.5, 0.6) is 0 Å². The molecule has 0 N–H and O–H groups in total. The van der Waals surface area contributed by atoms with Crippen LogP contribution >= 0.6 is 0 Å². The topological polar surface area (TPSA) is 78.9 Å². The van der Waals surface area contributed by atoms with Gasteiger partial charge in [-0.2, -0.15) is 0 Å². The lowest BCUT2D eigenvalue weighted by molar-refractivity contribution is -0.167. The van der Waals surface area contributed by atoms with Crippen molar-refractivity contribution in [2.75, 3.05) is 13.2 Å². The van der Waals surface area contributed by atoms with Crippen LogP contribution in [0.15, 0.2) is 72.9 Å². The van der Waals surface area contributed by atoms with Crippen molar-refractivity contribution in [2.24, 2.45) is 0 Å². The first-order chi connectivity index (χ1) is 37.5. The van der Waals surface area contributed by atoms with Gasteiger partial charge < -0.3 is 14.2 Å². The highest BCUT2D eigenvalue weighted by molar-refractivity contribution is 5.71. The third kappa shape index (κ3) is 61.7. The number of carbonyl (C=O) groups is 3. The van der Waals surface area contributed by atoms with E-state index in [1.807, 2.05) is 0 Å². The fraction of sp³-hybridized carbons (Fsp3) is 0.786. The van der Waals surface area contributed by atoms with Crippen molar-refractivity contribution in [1.82, 2.24) is 0 Å². The van der Waals surface area contributed by atoms with Crippen LogP contribution in [0.4, 0.5) is 0 Å². The van der Waals surface area contributed by atoms with Gasteiger partial charge in [-0.05, 0) is 70.6 Å². The molecule has 1 atom stereocenters. The highest BCUT2D eigenvalue weighted by atomic mass is 16.6. The normalized spacial score (nSPS) is 12.5. The van der Waals surface area contributed by atoms with E-state index in [-0.39, 0.29) is 31.1 Å². The Hall–Kier alpha value is -3.15. The van der Waals surface area contributed by atoms with Crippen molar-refractivity contribution >= 4 is 17.9 Å². The average Bonchev–Trinajstić information content (AvgIpc) is 3.42. The molecular formula is C70H124O6. The third-order valence-electron chi connectivity index (χ3n) is 14.5. The molecule has 0 aromatic heterocycles. The summed E-state index contributed by atoms with van der Waals surface area (Å²) in [5.74, 6) is -0.870. The van der Waals surface area contributed by atoms with E-state index in [4.69, 9.17) is 14.2 Å². The molecule has 6 nitrogen and oxygen atoms in total. The lowest BCUT2D eigenvalue weighted by atomic mass is 10.0. The van der Waals surface area contributed by atoms with Gasteiger partial charge >= 0.3 is 17.9 Å². The second-order valence-electron chi connectivity index (χ2n) is 22.0. The highest BCUT2D eigenvalue weighted by Gasteiger charge is 2.19. The number of carbonyl (C=O) groups excluding carboxylic acids is 3. The molecule has 0 fully saturated rings. The molecular weight excluding hydrogens is 937 g/mol. The van der Waals surface area contributed by atoms with Crippen molar-refractivity contribution in [3.05, 3.63) is 72.9 Å². The summed E-state index contributed by atoms with van der Waals surface area (Å²) in [6.45, 7) is 6.51. The summed E-state index contributed by atoms with van der Waals surface area (Å²) in [5, 5.41) is 0. The van der Waals surface area contributed by atoms with Crippen LogP contribution in [0.3, 0.4) is 0 Å². The molecule has 0 radical (unpaired) electrons. The minimum atomic E-state index is -0.772. The highest BCUT2D eigenvalue weighted by Crippen LogP contribution is 2.18. The lowest BCUT2D eigenvalue weighted by Crippen LogP contribution is -2.30. The summed E-state index contributed by atoms with van der Waals surface area (Å²) in [6, 6.07) is 0. The summed E-state index contributed by atoms with van der Waals surface area (Å²) in [7, 11) is 0. The van der Waals surface area contributed by atoms with Crippen molar-refractivity contribution in [1.29, 1.82) is 0 Å². The molecule has 76 heavy (non-hydrogen) atoms. The second kappa shape index (κ2) is 64.4. The summed E-state index contributed by atoms with van der Waals surface area (Å²) in [5.41, 5.74) is 0. The molecule has 0 saturated heterocycles. The van der Waals surface area contributed by atoms with Crippen LogP contribution in [0.25, 0.3) is 0 Å². The molecule has 0 rings (SSSR count). The number of hydrogen-bond acceptors (Lipinski definition) is 6. The molecule has 0 spiro atoms. The third-order valence-corrected chi connectivity index (χ3v) is 14.5. The van der Waals surface area contributed by atoms with Gasteiger partial charge in [0.05, 0.1) is 0 Å². The lowest BCUT2D eigenvalue weighted by Gasteiger charge is -2.18. The molecule has 6 heteroatoms. The van der Waals surface area contributed by atoms with Crippen molar-refractivity contribution in [2.45, 2.75) is 341 Å². The number of ether oxygens (including phenoxy) is 3. The van der Waals surface area contributed by atoms with E-state index < -0.39 is 6.10 Å². The monoisotopic (exact) mass is 1060 g/mol. The van der Waals surface area contributed by atoms with Gasteiger partial charge in [0.15, 0.2) is 6.10 Å². The van der Waals surface area contributed by atoms with Crippen LogP contribution in [0.1, 0.15) is 335 Å². The van der Waals surface area contributed by atoms with Crippen molar-refractivity contribution < 1.29 is 28.6 Å². The zero-order valence-electron chi connectivity index (χ0n) is 50.5. The molecule has 0 aliphatic heterocycles. The predicted octanol–water partition coefficient (Wildman–Crippen LogP) is 22.5. The van der Waals surface area contributed by atoms with E-state index in [9.17, 15) is 14.4 Å². The average molecular weight is 1060 g/mol. The van der Waals surface area contributed by atoms with E-state index in [0.717, 1.165) is 96.3 Å². The smallest absolute Gasteiger partial charge is 0.306 e. The molecule has 440 valence electrons. The largest absolute Gasteiger partial charge is 0.462 e. The number of unbranched alkanes of at least 4 members (excludes halogenated alkanes) is 37. The molecule has 0 aromatic carbocycles. The molecule has 0 bridgehead atoms. The van der Waals surface area contributed by atoms with Gasteiger partial charge in [0.2, 0.25) is 0 Å². The second-order valence-corrected chi connectivity index (χ2v) is 22.0. The van der Waals surface area contributed by atoms with Gasteiger partial charge in [0.25, 0.3) is 0 Å². The van der Waals surface area contributed by atoms with E-state index in [0.29, 0.717) is 19.3 Å². The quantitative estimate of drug-likeness (QED) is 0.0261.